The van der Waals surface area contributed by atoms with Gasteiger partial charge >= 0.3 is 0 Å². The average Bonchev–Trinajstić information content (AvgIpc) is 3.17. The summed E-state index contributed by atoms with van der Waals surface area (Å²) in [5.41, 5.74) is 3.80. The number of hydrogen-bond donors (Lipinski definition) is 2. The fourth-order valence-electron chi connectivity index (χ4n) is 3.73. The number of sulfonamides is 1. The normalized spacial score (nSPS) is 16.0. The summed E-state index contributed by atoms with van der Waals surface area (Å²) in [6, 6.07) is 20.6. The molecule has 0 spiro atoms. The number of nitrogens with one attached hydrogen (secondary N) is 2. The molecule has 8 heteroatoms. The molecule has 33 heavy (non-hydrogen) atoms. The maximum Gasteiger partial charge on any atom is 0.261 e. The van der Waals surface area contributed by atoms with E-state index in [1.807, 2.05) is 50.2 Å². The molecule has 1 aliphatic rings. The molecule has 1 fully saturated rings. The molecule has 2 N–H and O–H groups in total. The molecule has 1 aliphatic heterocycles. The maximum atomic E-state index is 12.7. The van der Waals surface area contributed by atoms with E-state index in [1.54, 1.807) is 17.0 Å². The first-order chi connectivity index (χ1) is 15.7. The summed E-state index contributed by atoms with van der Waals surface area (Å²) in [5, 5.41) is 2.79. The van der Waals surface area contributed by atoms with Gasteiger partial charge in [-0.05, 0) is 67.9 Å². The number of hydrogen-bond acceptors (Lipinski definition) is 4. The summed E-state index contributed by atoms with van der Waals surface area (Å²) < 4.78 is 27.8. The smallest absolute Gasteiger partial charge is 0.261 e. The van der Waals surface area contributed by atoms with E-state index in [0.717, 1.165) is 16.8 Å². The molecule has 3 aromatic carbocycles. The highest BCUT2D eigenvalue weighted by Crippen LogP contribution is 2.27. The molecule has 4 rings (SSSR count). The van der Waals surface area contributed by atoms with E-state index >= 15 is 0 Å². The van der Waals surface area contributed by atoms with Crippen molar-refractivity contribution in [3.63, 3.8) is 0 Å². The highest BCUT2D eigenvalue weighted by molar-refractivity contribution is 7.92. The van der Waals surface area contributed by atoms with Gasteiger partial charge < -0.3 is 10.2 Å². The van der Waals surface area contributed by atoms with Crippen LogP contribution in [0.2, 0.25) is 0 Å². The van der Waals surface area contributed by atoms with Crippen molar-refractivity contribution in [2.24, 2.45) is 5.92 Å². The Morgan fingerprint density at radius 2 is 1.58 bits per heavy atom. The van der Waals surface area contributed by atoms with Crippen LogP contribution in [0.4, 0.5) is 17.1 Å². The predicted octanol–water partition coefficient (Wildman–Crippen LogP) is 4.10. The topological polar surface area (TPSA) is 95.6 Å². The van der Waals surface area contributed by atoms with Crippen molar-refractivity contribution in [3.05, 3.63) is 83.9 Å². The quantitative estimate of drug-likeness (QED) is 0.575. The lowest BCUT2D eigenvalue weighted by atomic mass is 10.1. The van der Waals surface area contributed by atoms with Crippen molar-refractivity contribution in [1.29, 1.82) is 0 Å². The van der Waals surface area contributed by atoms with Gasteiger partial charge in [0.15, 0.2) is 0 Å². The average molecular weight is 464 g/mol. The van der Waals surface area contributed by atoms with Gasteiger partial charge in [-0.2, -0.15) is 0 Å². The predicted molar refractivity (Wildman–Crippen MR) is 129 cm³/mol. The van der Waals surface area contributed by atoms with Gasteiger partial charge in [-0.15, -0.1) is 0 Å². The highest BCUT2D eigenvalue weighted by atomic mass is 32.2. The zero-order chi connectivity index (χ0) is 23.6. The number of nitrogens with zero attached hydrogens (tertiary/aromatic N) is 1. The minimum atomic E-state index is -3.75. The third-order valence-corrected chi connectivity index (χ3v) is 6.94. The van der Waals surface area contributed by atoms with E-state index in [4.69, 9.17) is 0 Å². The van der Waals surface area contributed by atoms with Gasteiger partial charge in [0.1, 0.15) is 0 Å². The number of carbonyl (C=O) groups is 2. The first-order valence-corrected chi connectivity index (χ1v) is 12.1. The minimum Gasteiger partial charge on any atom is -0.326 e. The lowest BCUT2D eigenvalue weighted by molar-refractivity contribution is -0.122. The van der Waals surface area contributed by atoms with Crippen LogP contribution in [0.3, 0.4) is 0 Å². The van der Waals surface area contributed by atoms with Gasteiger partial charge in [-0.1, -0.05) is 29.8 Å². The van der Waals surface area contributed by atoms with Crippen LogP contribution in [0.15, 0.2) is 77.7 Å². The van der Waals surface area contributed by atoms with Gasteiger partial charge in [-0.25, -0.2) is 8.42 Å². The summed E-state index contributed by atoms with van der Waals surface area (Å²) >= 11 is 0. The van der Waals surface area contributed by atoms with E-state index < -0.39 is 15.9 Å². The van der Waals surface area contributed by atoms with Crippen molar-refractivity contribution >= 4 is 38.9 Å². The summed E-state index contributed by atoms with van der Waals surface area (Å²) in [6.07, 6.45) is 0.132. The van der Waals surface area contributed by atoms with Crippen LogP contribution in [0.25, 0.3) is 0 Å². The highest BCUT2D eigenvalue weighted by Gasteiger charge is 2.35. The molecular weight excluding hydrogens is 438 g/mol. The Morgan fingerprint density at radius 1 is 0.909 bits per heavy atom. The summed E-state index contributed by atoms with van der Waals surface area (Å²) in [5.74, 6) is -0.846. The second-order valence-corrected chi connectivity index (χ2v) is 9.91. The molecule has 3 aromatic rings. The molecule has 1 unspecified atom stereocenters. The molecule has 1 heterocycles. The Bertz CT molecular complexity index is 1290. The van der Waals surface area contributed by atoms with Gasteiger partial charge in [-0.3, -0.25) is 14.3 Å². The molecule has 7 nitrogen and oxygen atoms in total. The maximum absolute atomic E-state index is 12.7. The standard InChI is InChI=1S/C25H25N3O4S/c1-17-6-8-21(9-7-17)27-33(31,32)23-12-10-20(11-13-23)26-25(30)19-15-24(29)28(16-19)22-5-3-4-18(2)14-22/h3-14,19,27H,15-16H2,1-2H3,(H,26,30). The Labute approximate surface area is 193 Å². The van der Waals surface area contributed by atoms with E-state index in [9.17, 15) is 18.0 Å². The third kappa shape index (κ3) is 5.23. The fourth-order valence-corrected chi connectivity index (χ4v) is 4.78. The first-order valence-electron chi connectivity index (χ1n) is 10.6. The molecule has 0 saturated carbocycles. The van der Waals surface area contributed by atoms with Crippen molar-refractivity contribution in [3.8, 4) is 0 Å². The number of benzene rings is 3. The first kappa shape index (κ1) is 22.5. The molecule has 0 aromatic heterocycles. The largest absolute Gasteiger partial charge is 0.326 e. The van der Waals surface area contributed by atoms with Gasteiger partial charge in [0.25, 0.3) is 10.0 Å². The third-order valence-electron chi connectivity index (χ3n) is 5.55. The van der Waals surface area contributed by atoms with Gasteiger partial charge in [0.2, 0.25) is 11.8 Å². The van der Waals surface area contributed by atoms with Gasteiger partial charge in [0.05, 0.1) is 10.8 Å². The molecule has 1 atom stereocenters. The minimum absolute atomic E-state index is 0.0859. The van der Waals surface area contributed by atoms with Crippen molar-refractivity contribution < 1.29 is 18.0 Å². The van der Waals surface area contributed by atoms with E-state index in [2.05, 4.69) is 10.0 Å². The number of aryl methyl sites for hydroxylation is 2. The van der Waals surface area contributed by atoms with E-state index in [1.165, 1.54) is 24.3 Å². The van der Waals surface area contributed by atoms with Crippen LogP contribution in [-0.2, 0) is 19.6 Å². The van der Waals surface area contributed by atoms with E-state index in [0.29, 0.717) is 17.9 Å². The second-order valence-electron chi connectivity index (χ2n) is 8.23. The van der Waals surface area contributed by atoms with Crippen LogP contribution in [0.1, 0.15) is 17.5 Å². The Balaban J connectivity index is 1.40. The van der Waals surface area contributed by atoms with Crippen LogP contribution < -0.4 is 14.9 Å². The van der Waals surface area contributed by atoms with Crippen LogP contribution in [-0.4, -0.2) is 26.8 Å². The summed E-state index contributed by atoms with van der Waals surface area (Å²) in [6.45, 7) is 4.18. The van der Waals surface area contributed by atoms with Crippen LogP contribution in [0, 0.1) is 19.8 Å². The number of carbonyl (C=O) groups excluding carboxylic acids is 2. The Morgan fingerprint density at radius 3 is 2.24 bits per heavy atom. The summed E-state index contributed by atoms with van der Waals surface area (Å²) in [7, 11) is -3.75. The molecule has 0 bridgehead atoms. The molecular formula is C25H25N3O4S. The number of rotatable bonds is 6. The molecule has 1 saturated heterocycles. The molecule has 0 aliphatic carbocycles. The molecule has 0 radical (unpaired) electrons. The van der Waals surface area contributed by atoms with Gasteiger partial charge in [0, 0.05) is 30.0 Å². The fraction of sp³-hybridized carbons (Fsp3) is 0.200. The zero-order valence-electron chi connectivity index (χ0n) is 18.4. The SMILES string of the molecule is Cc1ccc(NS(=O)(=O)c2ccc(NC(=O)C3CC(=O)N(c4cccc(C)c4)C3)cc2)cc1. The Hall–Kier alpha value is -3.65. The van der Waals surface area contributed by atoms with Crippen LogP contribution >= 0.6 is 0 Å². The lowest BCUT2D eigenvalue weighted by Gasteiger charge is -2.17. The lowest BCUT2D eigenvalue weighted by Crippen LogP contribution is -2.28. The second kappa shape index (κ2) is 9.07. The van der Waals surface area contributed by atoms with Crippen molar-refractivity contribution in [2.45, 2.75) is 25.2 Å². The van der Waals surface area contributed by atoms with E-state index in [-0.39, 0.29) is 23.1 Å². The Kier molecular flexibility index (Phi) is 6.20. The summed E-state index contributed by atoms with van der Waals surface area (Å²) in [4.78, 5) is 26.9. The monoisotopic (exact) mass is 463 g/mol. The van der Waals surface area contributed by atoms with Crippen molar-refractivity contribution in [1.82, 2.24) is 0 Å². The number of anilines is 3. The zero-order valence-corrected chi connectivity index (χ0v) is 19.2. The number of amides is 2. The van der Waals surface area contributed by atoms with Crippen LogP contribution in [0.5, 0.6) is 0 Å². The molecule has 170 valence electrons. The molecule has 2 amide bonds. The van der Waals surface area contributed by atoms with Crippen molar-refractivity contribution in [2.75, 3.05) is 21.5 Å².